The average Bonchev–Trinajstić information content (AvgIpc) is 2.95. The first kappa shape index (κ1) is 40.6. The van der Waals surface area contributed by atoms with E-state index in [9.17, 15) is 41.9 Å². The van der Waals surface area contributed by atoms with Crippen LogP contribution >= 0.6 is 0 Å². The maximum Gasteiger partial charge on any atom is 0.471 e. The quantitative estimate of drug-likeness (QED) is 0.194. The molecule has 0 aromatic rings. The van der Waals surface area contributed by atoms with E-state index in [-0.39, 0.29) is 0 Å². The van der Waals surface area contributed by atoms with E-state index in [2.05, 4.69) is 5.32 Å². The second kappa shape index (κ2) is 17.2. The molecular formula is C28H42F3N3O14. The van der Waals surface area contributed by atoms with Crippen molar-refractivity contribution in [2.75, 3.05) is 27.4 Å². The van der Waals surface area contributed by atoms with Gasteiger partial charge in [-0.25, -0.2) is 4.79 Å². The van der Waals surface area contributed by atoms with E-state index in [4.69, 9.17) is 37.9 Å². The van der Waals surface area contributed by atoms with Crippen molar-refractivity contribution in [2.24, 2.45) is 5.41 Å². The van der Waals surface area contributed by atoms with E-state index < -0.39 is 122 Å². The van der Waals surface area contributed by atoms with E-state index in [0.717, 1.165) is 20.8 Å². The monoisotopic (exact) mass is 701 g/mol. The first-order valence-corrected chi connectivity index (χ1v) is 14.6. The summed E-state index contributed by atoms with van der Waals surface area (Å²) in [6, 6.07) is -4.00. The molecule has 48 heavy (non-hydrogen) atoms. The van der Waals surface area contributed by atoms with Gasteiger partial charge in [0.05, 0.1) is 23.6 Å². The third-order valence-corrected chi connectivity index (χ3v) is 6.90. The Balaban J connectivity index is 2.68. The molecule has 2 rings (SSSR count). The van der Waals surface area contributed by atoms with Crippen LogP contribution in [0.1, 0.15) is 48.0 Å². The molecule has 0 aromatic heterocycles. The van der Waals surface area contributed by atoms with Crippen molar-refractivity contribution >= 4 is 35.8 Å². The largest absolute Gasteiger partial charge is 0.471 e. The predicted molar refractivity (Wildman–Crippen MR) is 151 cm³/mol. The molecule has 3 N–H and O–H groups in total. The molecule has 0 bridgehead atoms. The van der Waals surface area contributed by atoms with Crippen LogP contribution in [-0.4, -0.2) is 125 Å². The summed E-state index contributed by atoms with van der Waals surface area (Å²) in [6.45, 7) is 6.59. The number of carbonyl (C=O) groups excluding carboxylic acids is 6. The number of rotatable bonds is 11. The zero-order chi connectivity index (χ0) is 36.6. The lowest BCUT2D eigenvalue weighted by atomic mass is 9.94. The third-order valence-electron chi connectivity index (χ3n) is 6.90. The van der Waals surface area contributed by atoms with Gasteiger partial charge in [0.2, 0.25) is 5.91 Å². The van der Waals surface area contributed by atoms with Gasteiger partial charge in [-0.1, -0.05) is 0 Å². The van der Waals surface area contributed by atoms with Crippen LogP contribution in [0.5, 0.6) is 0 Å². The van der Waals surface area contributed by atoms with E-state index in [1.165, 1.54) is 35.0 Å². The number of methoxy groups -OCH3 is 2. The van der Waals surface area contributed by atoms with E-state index in [1.807, 2.05) is 5.32 Å². The van der Waals surface area contributed by atoms with Crippen molar-refractivity contribution < 1.29 is 79.8 Å². The van der Waals surface area contributed by atoms with Crippen LogP contribution < -0.4 is 16.0 Å². The van der Waals surface area contributed by atoms with Crippen molar-refractivity contribution in [1.29, 1.82) is 0 Å². The van der Waals surface area contributed by atoms with E-state index in [1.54, 1.807) is 5.32 Å². The lowest BCUT2D eigenvalue weighted by molar-refractivity contribution is -0.329. The highest BCUT2D eigenvalue weighted by molar-refractivity contribution is 5.93. The molecule has 2 aliphatic heterocycles. The maximum atomic E-state index is 13.4. The van der Waals surface area contributed by atoms with Crippen molar-refractivity contribution in [1.82, 2.24) is 16.0 Å². The molecule has 0 unspecified atom stereocenters. The van der Waals surface area contributed by atoms with Gasteiger partial charge in [-0.3, -0.25) is 29.3 Å². The molecular weight excluding hydrogens is 659 g/mol. The lowest BCUT2D eigenvalue weighted by Crippen LogP contribution is -2.69. The molecule has 17 nitrogen and oxygen atoms in total. The molecule has 4 amide bonds. The van der Waals surface area contributed by atoms with Crippen LogP contribution in [0.2, 0.25) is 0 Å². The number of urea groups is 1. The van der Waals surface area contributed by atoms with Crippen LogP contribution in [0.4, 0.5) is 18.0 Å². The van der Waals surface area contributed by atoms with E-state index in [0.29, 0.717) is 0 Å². The Morgan fingerprint density at radius 2 is 1.40 bits per heavy atom. The Morgan fingerprint density at radius 1 is 0.792 bits per heavy atom. The number of nitrogens with one attached hydrogen (secondary N) is 3. The minimum absolute atomic E-state index is 0.440. The summed E-state index contributed by atoms with van der Waals surface area (Å²) in [5, 5.41) is 6.31. The highest BCUT2D eigenvalue weighted by Crippen LogP contribution is 2.33. The maximum absolute atomic E-state index is 13.4. The second-order valence-electron chi connectivity index (χ2n) is 11.9. The van der Waals surface area contributed by atoms with Gasteiger partial charge in [0.25, 0.3) is 0 Å². The second-order valence-corrected chi connectivity index (χ2v) is 11.9. The summed E-state index contributed by atoms with van der Waals surface area (Å²) >= 11 is 0. The van der Waals surface area contributed by atoms with Gasteiger partial charge in [-0.2, -0.15) is 13.2 Å². The molecule has 0 spiro atoms. The van der Waals surface area contributed by atoms with Gasteiger partial charge in [0.15, 0.2) is 18.7 Å². The smallest absolute Gasteiger partial charge is 0.463 e. The highest BCUT2D eigenvalue weighted by Gasteiger charge is 2.53. The van der Waals surface area contributed by atoms with Crippen LogP contribution in [0, 0.1) is 5.41 Å². The number of ether oxygens (including phenoxy) is 8. The van der Waals surface area contributed by atoms with Gasteiger partial charge in [-0.05, 0) is 20.8 Å². The van der Waals surface area contributed by atoms with Crippen LogP contribution in [-0.2, 0) is 61.9 Å². The molecule has 9 atom stereocenters. The third kappa shape index (κ3) is 11.8. The zero-order valence-electron chi connectivity index (χ0n) is 27.7. The fourth-order valence-corrected chi connectivity index (χ4v) is 4.72. The Morgan fingerprint density at radius 3 is 1.90 bits per heavy atom. The minimum Gasteiger partial charge on any atom is -0.463 e. The van der Waals surface area contributed by atoms with Gasteiger partial charge in [0.1, 0.15) is 31.5 Å². The molecule has 0 aliphatic carbocycles. The topological polar surface area (TPSA) is 212 Å². The Bertz CT molecular complexity index is 1180. The fourth-order valence-electron chi connectivity index (χ4n) is 4.72. The van der Waals surface area contributed by atoms with Crippen LogP contribution in [0.15, 0.2) is 0 Å². The number of alkyl halides is 3. The summed E-state index contributed by atoms with van der Waals surface area (Å²) in [6.07, 6.45) is -15.9. The lowest BCUT2D eigenvalue weighted by Gasteiger charge is -2.48. The van der Waals surface area contributed by atoms with Crippen molar-refractivity contribution in [3.8, 4) is 0 Å². The molecule has 2 saturated heterocycles. The van der Waals surface area contributed by atoms with Crippen molar-refractivity contribution in [3.05, 3.63) is 0 Å². The summed E-state index contributed by atoms with van der Waals surface area (Å²) in [7, 11) is 2.47. The molecule has 0 saturated carbocycles. The Hall–Kier alpha value is -3.59. The molecule has 20 heteroatoms. The summed E-state index contributed by atoms with van der Waals surface area (Å²) in [5.74, 6) is -5.54. The summed E-state index contributed by atoms with van der Waals surface area (Å²) in [4.78, 5) is 72.9. The molecule has 2 fully saturated rings. The number of esters is 3. The zero-order valence-corrected chi connectivity index (χ0v) is 27.7. The number of imide groups is 1. The minimum atomic E-state index is -5.34. The molecule has 0 aromatic carbocycles. The molecule has 2 aliphatic rings. The summed E-state index contributed by atoms with van der Waals surface area (Å²) < 4.78 is 84.9. The number of hydrogen-bond acceptors (Lipinski definition) is 14. The average molecular weight is 702 g/mol. The predicted octanol–water partition coefficient (Wildman–Crippen LogP) is 0.218. The number of halogens is 3. The van der Waals surface area contributed by atoms with Crippen LogP contribution in [0.3, 0.4) is 0 Å². The Kier molecular flexibility index (Phi) is 14.5. The normalized spacial score (nSPS) is 29.2. The fraction of sp³-hybridized carbons (Fsp3) is 0.786. The molecule has 0 radical (unpaired) electrons. The highest BCUT2D eigenvalue weighted by atomic mass is 19.4. The van der Waals surface area contributed by atoms with Gasteiger partial charge in [-0.15, -0.1) is 0 Å². The first-order chi connectivity index (χ1) is 22.2. The summed E-state index contributed by atoms with van der Waals surface area (Å²) in [5.41, 5.74) is -1.20. The first-order valence-electron chi connectivity index (χ1n) is 14.6. The van der Waals surface area contributed by atoms with Crippen molar-refractivity contribution in [3.63, 3.8) is 0 Å². The van der Waals surface area contributed by atoms with Crippen molar-refractivity contribution in [2.45, 2.75) is 109 Å². The van der Waals surface area contributed by atoms with Gasteiger partial charge >= 0.3 is 36.0 Å². The van der Waals surface area contributed by atoms with Gasteiger partial charge in [0, 0.05) is 41.4 Å². The van der Waals surface area contributed by atoms with Crippen LogP contribution in [0.25, 0.3) is 0 Å². The van der Waals surface area contributed by atoms with E-state index >= 15 is 0 Å². The number of hydrogen-bond donors (Lipinski definition) is 3. The number of carbonyl (C=O) groups is 6. The van der Waals surface area contributed by atoms with Gasteiger partial charge < -0.3 is 48.5 Å². The SMILES string of the molecule is CO[C@@H]1O[C@H](COC(C)=O)[C@H](O[C@@H]2O[C@H](COC(C)=O)C[C@@H](NC(=O)C(F)(F)F)[C@H]2OC(=O)C(C)(C)C)[C@@H](NC(=O)NC(C)=O)[C@H]1OC. The molecule has 2 heterocycles. The molecule has 274 valence electrons. The number of amides is 4. The Labute approximate surface area is 274 Å². The standard InChI is InChI=1S/C28H42F3N3O14/c1-12(35)32-26(40)34-18-20(17(11-44-14(3)37)46-22(42-8)21(18)41-7)47-23-19(48-25(39)27(4,5)6)16(33-24(38)28(29,30)31)9-15(45-23)10-43-13(2)36/h15-23H,9-11H2,1-8H3,(H,33,38)(H2,32,34,35,40)/t15-,16+,17+,18+,19+,20-,21+,22+,23-/m0/s1.